The molecule has 2 saturated heterocycles. The van der Waals surface area contributed by atoms with Gasteiger partial charge < -0.3 is 9.64 Å². The second-order valence-corrected chi connectivity index (χ2v) is 4.97. The molecule has 0 N–H and O–H groups in total. The van der Waals surface area contributed by atoms with Crippen LogP contribution in [0.3, 0.4) is 0 Å². The molecule has 3 heteroatoms. The Balaban J connectivity index is 1.91. The Hall–Kier alpha value is -1.35. The molecule has 0 spiro atoms. The molecule has 17 heavy (non-hydrogen) atoms. The zero-order chi connectivity index (χ0) is 11.8. The molecular weight excluding hydrogens is 214 g/mol. The van der Waals surface area contributed by atoms with Gasteiger partial charge in [-0.1, -0.05) is 37.3 Å². The van der Waals surface area contributed by atoms with E-state index in [2.05, 4.69) is 19.1 Å². The number of hydrogen-bond acceptors (Lipinski definition) is 2. The number of benzene rings is 1. The lowest BCUT2D eigenvalue weighted by molar-refractivity contribution is -0.146. The average Bonchev–Trinajstić information content (AvgIpc) is 2.81. The standard InChI is InChI=1S/C14H17NO2/c1-10-7-8-13(16)15-12(9-17-14(10)15)11-5-3-2-4-6-11/h2-6,10,12,14H,7-9H2,1H3/t10?,12?,14-/m0/s1. The van der Waals surface area contributed by atoms with Crippen LogP contribution in [-0.4, -0.2) is 23.6 Å². The van der Waals surface area contributed by atoms with Gasteiger partial charge >= 0.3 is 0 Å². The maximum absolute atomic E-state index is 12.1. The van der Waals surface area contributed by atoms with E-state index >= 15 is 0 Å². The van der Waals surface area contributed by atoms with Crippen LogP contribution in [0.1, 0.15) is 31.4 Å². The number of carbonyl (C=O) groups excluding carboxylic acids is 1. The summed E-state index contributed by atoms with van der Waals surface area (Å²) >= 11 is 0. The number of nitrogens with zero attached hydrogens (tertiary/aromatic N) is 1. The number of rotatable bonds is 1. The van der Waals surface area contributed by atoms with Crippen molar-refractivity contribution in [2.75, 3.05) is 6.61 Å². The summed E-state index contributed by atoms with van der Waals surface area (Å²) in [6.45, 7) is 2.79. The van der Waals surface area contributed by atoms with Gasteiger partial charge in [-0.25, -0.2) is 0 Å². The first-order valence-corrected chi connectivity index (χ1v) is 6.25. The fourth-order valence-electron chi connectivity index (χ4n) is 2.84. The van der Waals surface area contributed by atoms with E-state index in [1.807, 2.05) is 23.1 Å². The molecule has 1 amide bonds. The minimum absolute atomic E-state index is 0.0125. The number of amides is 1. The zero-order valence-electron chi connectivity index (χ0n) is 10.0. The number of hydrogen-bond donors (Lipinski definition) is 0. The van der Waals surface area contributed by atoms with Crippen LogP contribution in [0.2, 0.25) is 0 Å². The first kappa shape index (κ1) is 10.8. The first-order chi connectivity index (χ1) is 8.27. The third kappa shape index (κ3) is 1.75. The van der Waals surface area contributed by atoms with E-state index < -0.39 is 0 Å². The first-order valence-electron chi connectivity index (χ1n) is 6.25. The Morgan fingerprint density at radius 2 is 2.06 bits per heavy atom. The Morgan fingerprint density at radius 1 is 1.29 bits per heavy atom. The van der Waals surface area contributed by atoms with Gasteiger partial charge in [-0.2, -0.15) is 0 Å². The number of ether oxygens (including phenoxy) is 1. The van der Waals surface area contributed by atoms with E-state index in [9.17, 15) is 4.79 Å². The summed E-state index contributed by atoms with van der Waals surface area (Å²) in [5.74, 6) is 0.681. The van der Waals surface area contributed by atoms with Gasteiger partial charge in [0.15, 0.2) is 0 Å². The minimum atomic E-state index is -0.0125. The molecule has 1 aromatic carbocycles. The predicted molar refractivity (Wildman–Crippen MR) is 64.2 cm³/mol. The van der Waals surface area contributed by atoms with Gasteiger partial charge in [-0.3, -0.25) is 4.79 Å². The van der Waals surface area contributed by atoms with Gasteiger partial charge in [-0.15, -0.1) is 0 Å². The van der Waals surface area contributed by atoms with Crippen LogP contribution in [0, 0.1) is 5.92 Å². The molecule has 0 saturated carbocycles. The fourth-order valence-corrected chi connectivity index (χ4v) is 2.84. The Morgan fingerprint density at radius 3 is 2.82 bits per heavy atom. The summed E-state index contributed by atoms with van der Waals surface area (Å²) in [6, 6.07) is 10.3. The smallest absolute Gasteiger partial charge is 0.225 e. The van der Waals surface area contributed by atoms with Crippen LogP contribution in [-0.2, 0) is 9.53 Å². The molecule has 90 valence electrons. The fraction of sp³-hybridized carbons (Fsp3) is 0.500. The molecule has 2 heterocycles. The summed E-state index contributed by atoms with van der Waals surface area (Å²) in [4.78, 5) is 14.0. The van der Waals surface area contributed by atoms with E-state index in [-0.39, 0.29) is 18.2 Å². The third-order valence-corrected chi connectivity index (χ3v) is 3.81. The maximum atomic E-state index is 12.1. The summed E-state index contributed by atoms with van der Waals surface area (Å²) in [5, 5.41) is 0. The molecule has 3 atom stereocenters. The molecule has 3 rings (SSSR count). The molecular formula is C14H17NO2. The lowest BCUT2D eigenvalue weighted by atomic mass is 9.95. The monoisotopic (exact) mass is 231 g/mol. The van der Waals surface area contributed by atoms with Crippen molar-refractivity contribution >= 4 is 5.91 Å². The van der Waals surface area contributed by atoms with E-state index in [1.165, 1.54) is 5.56 Å². The molecule has 0 aromatic heterocycles. The molecule has 2 fully saturated rings. The Kier molecular flexibility index (Phi) is 2.63. The van der Waals surface area contributed by atoms with Gasteiger partial charge in [0.25, 0.3) is 0 Å². The Labute approximate surface area is 101 Å². The lowest BCUT2D eigenvalue weighted by Gasteiger charge is -2.36. The minimum Gasteiger partial charge on any atom is -0.355 e. The normalized spacial score (nSPS) is 32.6. The average molecular weight is 231 g/mol. The topological polar surface area (TPSA) is 29.5 Å². The molecule has 3 nitrogen and oxygen atoms in total. The van der Waals surface area contributed by atoms with E-state index in [0.29, 0.717) is 18.9 Å². The van der Waals surface area contributed by atoms with Crippen LogP contribution >= 0.6 is 0 Å². The SMILES string of the molecule is CC1CCC(=O)N2C(c3ccccc3)CO[C@@H]12. The van der Waals surface area contributed by atoms with Gasteiger partial charge in [-0.05, 0) is 12.0 Å². The predicted octanol–water partition coefficient (Wildman–Crippen LogP) is 2.34. The number of carbonyl (C=O) groups is 1. The summed E-state index contributed by atoms with van der Waals surface area (Å²) < 4.78 is 5.81. The summed E-state index contributed by atoms with van der Waals surface area (Å²) in [7, 11) is 0. The van der Waals surface area contributed by atoms with E-state index in [1.54, 1.807) is 0 Å². The van der Waals surface area contributed by atoms with Crippen molar-refractivity contribution in [1.82, 2.24) is 4.90 Å². The van der Waals surface area contributed by atoms with E-state index in [0.717, 1.165) is 6.42 Å². The molecule has 1 aromatic rings. The van der Waals surface area contributed by atoms with Gasteiger partial charge in [0.2, 0.25) is 5.91 Å². The molecule has 0 aliphatic carbocycles. The highest BCUT2D eigenvalue weighted by Crippen LogP contribution is 2.38. The summed E-state index contributed by atoms with van der Waals surface area (Å²) in [5.41, 5.74) is 1.18. The number of piperidine rings is 1. The molecule has 2 unspecified atom stereocenters. The van der Waals surface area contributed by atoms with Gasteiger partial charge in [0.05, 0.1) is 12.6 Å². The second kappa shape index (κ2) is 4.15. The van der Waals surface area contributed by atoms with Crippen LogP contribution in [0.25, 0.3) is 0 Å². The highest BCUT2D eigenvalue weighted by Gasteiger charge is 2.43. The summed E-state index contributed by atoms with van der Waals surface area (Å²) in [6.07, 6.45) is 1.59. The zero-order valence-corrected chi connectivity index (χ0v) is 10.0. The van der Waals surface area contributed by atoms with Crippen LogP contribution < -0.4 is 0 Å². The largest absolute Gasteiger partial charge is 0.355 e. The van der Waals surface area contributed by atoms with Gasteiger partial charge in [0.1, 0.15) is 6.23 Å². The van der Waals surface area contributed by atoms with Crippen molar-refractivity contribution < 1.29 is 9.53 Å². The van der Waals surface area contributed by atoms with Crippen molar-refractivity contribution in [1.29, 1.82) is 0 Å². The number of fused-ring (bicyclic) bond motifs is 1. The van der Waals surface area contributed by atoms with Crippen molar-refractivity contribution in [3.63, 3.8) is 0 Å². The molecule has 2 aliphatic heterocycles. The van der Waals surface area contributed by atoms with Crippen LogP contribution in [0.15, 0.2) is 30.3 Å². The van der Waals surface area contributed by atoms with Crippen molar-refractivity contribution in [2.24, 2.45) is 5.92 Å². The lowest BCUT2D eigenvalue weighted by Crippen LogP contribution is -2.45. The quantitative estimate of drug-likeness (QED) is 0.742. The van der Waals surface area contributed by atoms with Gasteiger partial charge in [0, 0.05) is 12.3 Å². The molecule has 0 bridgehead atoms. The van der Waals surface area contributed by atoms with Crippen LogP contribution in [0.5, 0.6) is 0 Å². The van der Waals surface area contributed by atoms with E-state index in [4.69, 9.17) is 4.74 Å². The molecule has 2 aliphatic rings. The van der Waals surface area contributed by atoms with Crippen molar-refractivity contribution in [3.8, 4) is 0 Å². The third-order valence-electron chi connectivity index (χ3n) is 3.81. The highest BCUT2D eigenvalue weighted by atomic mass is 16.5. The molecule has 0 radical (unpaired) electrons. The van der Waals surface area contributed by atoms with Crippen molar-refractivity contribution in [2.45, 2.75) is 32.0 Å². The Bertz CT molecular complexity index is 417. The second-order valence-electron chi connectivity index (χ2n) is 4.97. The highest BCUT2D eigenvalue weighted by molar-refractivity contribution is 5.78. The maximum Gasteiger partial charge on any atom is 0.225 e. The van der Waals surface area contributed by atoms with Crippen molar-refractivity contribution in [3.05, 3.63) is 35.9 Å². The van der Waals surface area contributed by atoms with Crippen LogP contribution in [0.4, 0.5) is 0 Å².